The van der Waals surface area contributed by atoms with Crippen LogP contribution in [0.25, 0.3) is 0 Å². The first kappa shape index (κ1) is 79.7. The minimum Gasteiger partial charge on any atom is -0.445 e. The number of rotatable bonds is 40. The Morgan fingerprint density at radius 3 is 1.10 bits per heavy atom. The highest BCUT2D eigenvalue weighted by atomic mass is 19.2. The third kappa shape index (κ3) is 24.8. The molecule has 20 nitrogen and oxygen atoms in total. The number of carbonyl (C=O) groups excluding carboxylic acids is 8. The molecule has 5 N–H and O–H groups in total. The number of carbonyl (C=O) groups is 8. The van der Waals surface area contributed by atoms with Gasteiger partial charge in [-0.25, -0.2) is 44.3 Å². The minimum absolute atomic E-state index is 0.0324. The third-order valence-electron chi connectivity index (χ3n) is 14.1. The Hall–Kier alpha value is -8.99. The molecule has 4 aromatic rings. The Morgan fingerprint density at radius 2 is 0.704 bits per heavy atom. The summed E-state index contributed by atoms with van der Waals surface area (Å²) in [6, 6.07) is 9.02. The Labute approximate surface area is 548 Å². The van der Waals surface area contributed by atoms with Crippen LogP contribution in [0.15, 0.2) is 42.0 Å². The van der Waals surface area contributed by atoms with E-state index in [2.05, 4.69) is 40.8 Å². The number of benzene rings is 4. The molecule has 5 amide bonds. The van der Waals surface area contributed by atoms with Gasteiger partial charge in [0.2, 0.25) is 128 Å². The number of halogens is 15. The smallest absolute Gasteiger partial charge is 0.407 e. The normalized spacial score (nSPS) is 14.2. The molecule has 3 atom stereocenters. The van der Waals surface area contributed by atoms with Gasteiger partial charge in [-0.05, 0) is 63.0 Å². The molecule has 0 heterocycles. The summed E-state index contributed by atoms with van der Waals surface area (Å²) in [6.07, 6.45) is -3.78. The molecule has 0 fully saturated rings. The number of amides is 5. The third-order valence-corrected chi connectivity index (χ3v) is 14.1. The molecule has 4 aromatic carbocycles. The standard InChI is InChI=1S/C63H66F15N5O15/c64-43-46(67)52(73)59(53(74)47(43)68)96-40(87)16-6-11-22-79-37(84)19-27-92-35-30-34(62(90)82-25-9-1-2-10-26-83-63(91)95-32-33-14-4-3-5-15-33)31-36(93-28-20-38(85)80-23-12-7-17-41(88)97-60-54(75)48(69)44(65)49(70)55(60)76)58(35)94-29-21-39(86)81-24-13-8-18-42(89)98-61-56(77)50(71)45(66)51(72)57(61)78/h3-5,14-15,30,35-36,58H,1-2,6-13,16-29,31-32H2,(H,79,84)(H,80,85)(H,81,86)(H,82,90)(H,83,91)/t35-,36-,58-/m1/s1. The lowest BCUT2D eigenvalue weighted by Crippen LogP contribution is -2.47. The highest BCUT2D eigenvalue weighted by Gasteiger charge is 2.39. The molecule has 0 unspecified atom stereocenters. The fourth-order valence-electron chi connectivity index (χ4n) is 8.98. The maximum atomic E-state index is 14.0. The number of nitrogens with one attached hydrogen (secondary N) is 5. The van der Waals surface area contributed by atoms with Gasteiger partial charge in [0.1, 0.15) is 18.8 Å². The largest absolute Gasteiger partial charge is 0.445 e. The number of esters is 3. The van der Waals surface area contributed by atoms with E-state index in [4.69, 9.17) is 18.9 Å². The van der Waals surface area contributed by atoms with Crippen LogP contribution in [-0.2, 0) is 59.1 Å². The molecule has 0 aromatic heterocycles. The molecule has 1 aliphatic rings. The van der Waals surface area contributed by atoms with E-state index in [0.29, 0.717) is 32.2 Å². The van der Waals surface area contributed by atoms with Gasteiger partial charge >= 0.3 is 24.0 Å². The Bertz CT molecular complexity index is 3400. The summed E-state index contributed by atoms with van der Waals surface area (Å²) in [5.74, 6) is -47.6. The van der Waals surface area contributed by atoms with E-state index in [1.165, 1.54) is 6.08 Å². The van der Waals surface area contributed by atoms with Gasteiger partial charge < -0.3 is 59.7 Å². The van der Waals surface area contributed by atoms with E-state index >= 15 is 0 Å². The number of ether oxygens (including phenoxy) is 7. The Morgan fingerprint density at radius 1 is 0.367 bits per heavy atom. The average Bonchev–Trinajstić information content (AvgIpc) is 0.816. The summed E-state index contributed by atoms with van der Waals surface area (Å²) in [5.41, 5.74) is 0.884. The summed E-state index contributed by atoms with van der Waals surface area (Å²) in [5, 5.41) is 13.1. The van der Waals surface area contributed by atoms with Crippen LogP contribution in [-0.4, -0.2) is 118 Å². The quantitative estimate of drug-likeness (QED) is 0.00693. The van der Waals surface area contributed by atoms with Crippen LogP contribution in [0.4, 0.5) is 70.7 Å². The van der Waals surface area contributed by atoms with E-state index in [1.54, 1.807) is 24.3 Å². The van der Waals surface area contributed by atoms with Gasteiger partial charge in [-0.3, -0.25) is 33.6 Å². The molecule has 538 valence electrons. The maximum absolute atomic E-state index is 14.0. The highest BCUT2D eigenvalue weighted by Crippen LogP contribution is 2.33. The first-order chi connectivity index (χ1) is 46.7. The van der Waals surface area contributed by atoms with Gasteiger partial charge in [0.15, 0.2) is 0 Å². The van der Waals surface area contributed by atoms with E-state index < -0.39 is 203 Å². The van der Waals surface area contributed by atoms with Gasteiger partial charge in [0, 0.05) is 83.2 Å². The van der Waals surface area contributed by atoms with E-state index in [0.717, 1.165) is 5.56 Å². The van der Waals surface area contributed by atoms with Crippen molar-refractivity contribution < 1.29 is 137 Å². The number of alkyl carbamates (subject to hydrolysis) is 1. The molecular formula is C63H66F15N5O15. The van der Waals surface area contributed by atoms with Crippen molar-refractivity contribution in [1.29, 1.82) is 0 Å². The number of hydrogen-bond donors (Lipinski definition) is 5. The SMILES string of the molecule is O=C(CCO[C@@H]1[C@H](OCCC(=O)NCCCCC(=O)Oc2c(F)c(F)c(F)c(F)c2F)C=C(C(=O)NCCCCCCNC(=O)OCc2ccccc2)C[C@H]1OCCC(=O)NCCCCC(=O)Oc1c(F)c(F)c(F)c(F)c1F)NCCCCC(=O)Oc1c(F)c(F)c(F)c(F)c1F. The Kier molecular flexibility index (Phi) is 33.1. The monoisotopic (exact) mass is 1420 g/mol. The first-order valence-corrected chi connectivity index (χ1v) is 30.5. The summed E-state index contributed by atoms with van der Waals surface area (Å²) < 4.78 is 242. The fraction of sp³-hybridized carbons (Fsp3) is 0.460. The summed E-state index contributed by atoms with van der Waals surface area (Å²) in [6.45, 7) is -0.935. The molecule has 0 spiro atoms. The predicted octanol–water partition coefficient (Wildman–Crippen LogP) is 10.0. The molecule has 1 aliphatic carbocycles. The van der Waals surface area contributed by atoms with Gasteiger partial charge in [-0.2, -0.15) is 26.3 Å². The fourth-order valence-corrected chi connectivity index (χ4v) is 8.98. The van der Waals surface area contributed by atoms with Crippen LogP contribution < -0.4 is 40.8 Å². The molecule has 0 radical (unpaired) electrons. The molecule has 98 heavy (non-hydrogen) atoms. The van der Waals surface area contributed by atoms with Crippen molar-refractivity contribution in [2.24, 2.45) is 0 Å². The van der Waals surface area contributed by atoms with Crippen molar-refractivity contribution in [2.45, 2.75) is 134 Å². The van der Waals surface area contributed by atoms with E-state index in [9.17, 15) is 104 Å². The zero-order chi connectivity index (χ0) is 72.0. The van der Waals surface area contributed by atoms with Crippen molar-refractivity contribution in [1.82, 2.24) is 26.6 Å². The lowest BCUT2D eigenvalue weighted by Gasteiger charge is -2.36. The molecule has 0 saturated heterocycles. The van der Waals surface area contributed by atoms with Crippen LogP contribution >= 0.6 is 0 Å². The van der Waals surface area contributed by atoms with Gasteiger partial charge in [0.05, 0.1) is 25.9 Å². The zero-order valence-electron chi connectivity index (χ0n) is 51.9. The minimum atomic E-state index is -2.47. The summed E-state index contributed by atoms with van der Waals surface area (Å²) >= 11 is 0. The lowest BCUT2D eigenvalue weighted by atomic mass is 9.91. The highest BCUT2D eigenvalue weighted by molar-refractivity contribution is 5.93. The zero-order valence-corrected chi connectivity index (χ0v) is 51.9. The van der Waals surface area contributed by atoms with E-state index in [1.807, 2.05) is 6.07 Å². The van der Waals surface area contributed by atoms with Gasteiger partial charge in [-0.15, -0.1) is 0 Å². The summed E-state index contributed by atoms with van der Waals surface area (Å²) in [7, 11) is 0. The van der Waals surface area contributed by atoms with E-state index in [-0.39, 0.29) is 109 Å². The second kappa shape index (κ2) is 40.7. The lowest BCUT2D eigenvalue weighted by molar-refractivity contribution is -0.144. The molecule has 5 rings (SSSR count). The second-order valence-electron chi connectivity index (χ2n) is 21.4. The predicted molar refractivity (Wildman–Crippen MR) is 308 cm³/mol. The maximum Gasteiger partial charge on any atom is 0.407 e. The van der Waals surface area contributed by atoms with Crippen molar-refractivity contribution >= 4 is 47.6 Å². The van der Waals surface area contributed by atoms with Crippen molar-refractivity contribution in [3.63, 3.8) is 0 Å². The molecule has 0 bridgehead atoms. The van der Waals surface area contributed by atoms with Gasteiger partial charge in [0.25, 0.3) is 0 Å². The van der Waals surface area contributed by atoms with Crippen LogP contribution in [0, 0.1) is 87.3 Å². The first-order valence-electron chi connectivity index (χ1n) is 30.5. The Balaban J connectivity index is 1.19. The summed E-state index contributed by atoms with van der Waals surface area (Å²) in [4.78, 5) is 102. The second-order valence-corrected chi connectivity index (χ2v) is 21.4. The number of hydrogen-bond acceptors (Lipinski definition) is 15. The topological polar surface area (TPSA) is 261 Å². The molecular weight excluding hydrogens is 1350 g/mol. The van der Waals surface area contributed by atoms with Gasteiger partial charge in [-0.1, -0.05) is 43.2 Å². The average molecular weight is 1420 g/mol. The molecule has 35 heteroatoms. The van der Waals surface area contributed by atoms with Crippen molar-refractivity contribution in [2.75, 3.05) is 52.5 Å². The van der Waals surface area contributed by atoms with Crippen LogP contribution in [0.1, 0.15) is 115 Å². The van der Waals surface area contributed by atoms with Crippen LogP contribution in [0.3, 0.4) is 0 Å². The number of unbranched alkanes of at least 4 members (excludes halogenated alkanes) is 6. The molecule has 0 saturated carbocycles. The van der Waals surface area contributed by atoms with Crippen LogP contribution in [0.5, 0.6) is 17.2 Å². The molecule has 0 aliphatic heterocycles. The van der Waals surface area contributed by atoms with Crippen molar-refractivity contribution in [3.05, 3.63) is 135 Å². The van der Waals surface area contributed by atoms with Crippen molar-refractivity contribution in [3.8, 4) is 17.2 Å². The van der Waals surface area contributed by atoms with Crippen LogP contribution in [0.2, 0.25) is 0 Å².